The van der Waals surface area contributed by atoms with Crippen LogP contribution in [0.4, 0.5) is 6.01 Å². The van der Waals surface area contributed by atoms with Gasteiger partial charge in [0.25, 0.3) is 6.01 Å². The largest absolute Gasteiger partial charge is 0.476 e. The highest BCUT2D eigenvalue weighted by Crippen LogP contribution is 2.48. The maximum absolute atomic E-state index is 10.5. The molecule has 5 nitrogen and oxygen atoms in total. The molecule has 0 unspecified atom stereocenters. The Morgan fingerprint density at radius 1 is 1.73 bits per heavy atom. The summed E-state index contributed by atoms with van der Waals surface area (Å²) in [5.74, 6) is -1.07. The van der Waals surface area contributed by atoms with Gasteiger partial charge in [-0.05, 0) is 24.7 Å². The lowest BCUT2D eigenvalue weighted by molar-refractivity contribution is 0.0690. The summed E-state index contributed by atoms with van der Waals surface area (Å²) in [6.07, 6.45) is 4.73. The van der Waals surface area contributed by atoms with E-state index in [1.807, 2.05) is 0 Å². The Balaban J connectivity index is 1.91. The van der Waals surface area contributed by atoms with Crippen LogP contribution in [0.3, 0.4) is 0 Å². The van der Waals surface area contributed by atoms with Crippen molar-refractivity contribution < 1.29 is 14.3 Å². The molecule has 0 radical (unpaired) electrons. The van der Waals surface area contributed by atoms with Gasteiger partial charge in [-0.2, -0.15) is 4.98 Å². The van der Waals surface area contributed by atoms with Gasteiger partial charge in [-0.3, -0.25) is 0 Å². The van der Waals surface area contributed by atoms with Crippen LogP contribution in [0.25, 0.3) is 0 Å². The third-order valence-electron chi connectivity index (χ3n) is 3.05. The average molecular weight is 210 g/mol. The second kappa shape index (κ2) is 3.56. The zero-order chi connectivity index (χ0) is 10.9. The van der Waals surface area contributed by atoms with Crippen molar-refractivity contribution in [1.82, 2.24) is 4.98 Å². The molecule has 2 N–H and O–H groups in total. The van der Waals surface area contributed by atoms with E-state index in [1.165, 1.54) is 12.8 Å². The minimum atomic E-state index is -1.07. The Kier molecular flexibility index (Phi) is 2.38. The molecular weight excluding hydrogens is 196 g/mol. The van der Waals surface area contributed by atoms with Gasteiger partial charge in [-0.15, -0.1) is 0 Å². The molecule has 1 aliphatic rings. The van der Waals surface area contributed by atoms with Crippen LogP contribution in [0.1, 0.15) is 36.7 Å². The number of oxazole rings is 1. The number of hydrogen-bond donors (Lipinski definition) is 2. The third kappa shape index (κ3) is 2.11. The molecule has 5 heteroatoms. The third-order valence-corrected chi connectivity index (χ3v) is 3.05. The van der Waals surface area contributed by atoms with Crippen LogP contribution >= 0.6 is 0 Å². The Morgan fingerprint density at radius 3 is 2.93 bits per heavy atom. The van der Waals surface area contributed by atoms with Gasteiger partial charge in [0.15, 0.2) is 5.69 Å². The van der Waals surface area contributed by atoms with E-state index < -0.39 is 5.97 Å². The number of rotatable bonds is 5. The van der Waals surface area contributed by atoms with E-state index in [0.29, 0.717) is 11.4 Å². The fourth-order valence-electron chi connectivity index (χ4n) is 1.55. The topological polar surface area (TPSA) is 75.4 Å². The van der Waals surface area contributed by atoms with Crippen molar-refractivity contribution in [3.8, 4) is 0 Å². The second-order valence-corrected chi connectivity index (χ2v) is 4.05. The van der Waals surface area contributed by atoms with Gasteiger partial charge in [0.1, 0.15) is 6.26 Å². The molecule has 0 saturated heterocycles. The van der Waals surface area contributed by atoms with Crippen LogP contribution in [-0.4, -0.2) is 22.6 Å². The van der Waals surface area contributed by atoms with E-state index in [1.54, 1.807) is 0 Å². The normalized spacial score (nSPS) is 17.4. The summed E-state index contributed by atoms with van der Waals surface area (Å²) >= 11 is 0. The molecule has 82 valence electrons. The summed E-state index contributed by atoms with van der Waals surface area (Å²) < 4.78 is 4.99. The molecular formula is C10H14N2O3. The first-order valence-corrected chi connectivity index (χ1v) is 5.08. The fourth-order valence-corrected chi connectivity index (χ4v) is 1.55. The second-order valence-electron chi connectivity index (χ2n) is 4.05. The predicted molar refractivity (Wildman–Crippen MR) is 53.9 cm³/mol. The highest BCUT2D eigenvalue weighted by molar-refractivity contribution is 5.85. The lowest BCUT2D eigenvalue weighted by Crippen LogP contribution is -2.14. The number of carboxylic acid groups (broad SMARTS) is 1. The van der Waals surface area contributed by atoms with E-state index >= 15 is 0 Å². The number of nitrogens with zero attached hydrogens (tertiary/aromatic N) is 1. The molecule has 1 aromatic rings. The lowest BCUT2D eigenvalue weighted by atomic mass is 10.0. The Hall–Kier alpha value is -1.52. The standard InChI is InChI=1S/C10H14N2O3/c1-2-10(3-4-10)6-11-9-12-7(5-15-9)8(13)14/h5H,2-4,6H2,1H3,(H,11,12)(H,13,14). The molecule has 2 rings (SSSR count). The van der Waals surface area contributed by atoms with Gasteiger partial charge in [0.05, 0.1) is 0 Å². The first kappa shape index (κ1) is 10.0. The van der Waals surface area contributed by atoms with Crippen LogP contribution in [0.2, 0.25) is 0 Å². The molecule has 0 aliphatic heterocycles. The molecule has 0 aromatic carbocycles. The quantitative estimate of drug-likeness (QED) is 0.777. The molecule has 0 atom stereocenters. The Morgan fingerprint density at radius 2 is 2.47 bits per heavy atom. The molecule has 1 saturated carbocycles. The molecule has 0 spiro atoms. The zero-order valence-electron chi connectivity index (χ0n) is 8.62. The SMILES string of the molecule is CCC1(CNc2nc(C(=O)O)co2)CC1. The van der Waals surface area contributed by atoms with Crippen LogP contribution in [0.5, 0.6) is 0 Å². The number of anilines is 1. The van der Waals surface area contributed by atoms with E-state index in [0.717, 1.165) is 19.2 Å². The van der Waals surface area contributed by atoms with Crippen molar-refractivity contribution in [2.45, 2.75) is 26.2 Å². The van der Waals surface area contributed by atoms with Crippen molar-refractivity contribution in [3.63, 3.8) is 0 Å². The summed E-state index contributed by atoms with van der Waals surface area (Å²) in [6, 6.07) is 0.298. The van der Waals surface area contributed by atoms with Crippen LogP contribution in [0, 0.1) is 5.41 Å². The predicted octanol–water partition coefficient (Wildman–Crippen LogP) is 1.97. The van der Waals surface area contributed by atoms with Crippen molar-refractivity contribution in [2.24, 2.45) is 5.41 Å². The number of carbonyl (C=O) groups is 1. The highest BCUT2D eigenvalue weighted by Gasteiger charge is 2.40. The van der Waals surface area contributed by atoms with Crippen LogP contribution in [-0.2, 0) is 0 Å². The minimum Gasteiger partial charge on any atom is -0.476 e. The summed E-state index contributed by atoms with van der Waals surface area (Å²) in [5, 5.41) is 11.7. The molecule has 1 aliphatic carbocycles. The first-order chi connectivity index (χ1) is 7.15. The van der Waals surface area contributed by atoms with E-state index in [-0.39, 0.29) is 5.69 Å². The number of aromatic nitrogens is 1. The minimum absolute atomic E-state index is 0.0566. The van der Waals surface area contributed by atoms with E-state index in [9.17, 15) is 4.79 Å². The molecule has 1 fully saturated rings. The van der Waals surface area contributed by atoms with Gasteiger partial charge < -0.3 is 14.8 Å². The maximum atomic E-state index is 10.5. The van der Waals surface area contributed by atoms with Gasteiger partial charge in [0.2, 0.25) is 0 Å². The fraction of sp³-hybridized carbons (Fsp3) is 0.600. The average Bonchev–Trinajstić information content (AvgIpc) is 2.85. The number of aromatic carboxylic acids is 1. The molecule has 0 bridgehead atoms. The van der Waals surface area contributed by atoms with Crippen molar-refractivity contribution in [2.75, 3.05) is 11.9 Å². The van der Waals surface area contributed by atoms with Gasteiger partial charge in [-0.25, -0.2) is 4.79 Å². The van der Waals surface area contributed by atoms with Crippen molar-refractivity contribution >= 4 is 12.0 Å². The smallest absolute Gasteiger partial charge is 0.357 e. The summed E-state index contributed by atoms with van der Waals surface area (Å²) in [6.45, 7) is 2.97. The Labute approximate surface area is 87.5 Å². The first-order valence-electron chi connectivity index (χ1n) is 5.08. The maximum Gasteiger partial charge on any atom is 0.357 e. The molecule has 1 heterocycles. The van der Waals surface area contributed by atoms with Crippen molar-refractivity contribution in [3.05, 3.63) is 12.0 Å². The lowest BCUT2D eigenvalue weighted by Gasteiger charge is -2.11. The monoisotopic (exact) mass is 210 g/mol. The zero-order valence-corrected chi connectivity index (χ0v) is 8.62. The summed E-state index contributed by atoms with van der Waals surface area (Å²) in [5.41, 5.74) is 0.330. The van der Waals surface area contributed by atoms with Gasteiger partial charge >= 0.3 is 5.97 Å². The van der Waals surface area contributed by atoms with Crippen LogP contribution < -0.4 is 5.32 Å². The van der Waals surface area contributed by atoms with E-state index in [4.69, 9.17) is 9.52 Å². The molecule has 0 amide bonds. The summed E-state index contributed by atoms with van der Waals surface area (Å²) in [4.78, 5) is 14.3. The van der Waals surface area contributed by atoms with Gasteiger partial charge in [0, 0.05) is 6.54 Å². The number of nitrogens with one attached hydrogen (secondary N) is 1. The number of hydrogen-bond acceptors (Lipinski definition) is 4. The Bertz CT molecular complexity index is 368. The van der Waals surface area contributed by atoms with Gasteiger partial charge in [-0.1, -0.05) is 6.92 Å². The van der Waals surface area contributed by atoms with Crippen molar-refractivity contribution in [1.29, 1.82) is 0 Å². The van der Waals surface area contributed by atoms with Crippen LogP contribution in [0.15, 0.2) is 10.7 Å². The highest BCUT2D eigenvalue weighted by atomic mass is 16.4. The van der Waals surface area contributed by atoms with E-state index in [2.05, 4.69) is 17.2 Å². The summed E-state index contributed by atoms with van der Waals surface area (Å²) in [7, 11) is 0. The molecule has 1 aromatic heterocycles. The molecule has 15 heavy (non-hydrogen) atoms. The number of carboxylic acids is 1.